The van der Waals surface area contributed by atoms with Gasteiger partial charge in [0.05, 0.1) is 12.1 Å². The van der Waals surface area contributed by atoms with E-state index >= 15 is 0 Å². The third kappa shape index (κ3) is 3.19. The molecule has 1 aromatic carbocycles. The molecule has 0 aromatic heterocycles. The second-order valence-electron chi connectivity index (χ2n) is 4.14. The van der Waals surface area contributed by atoms with Crippen molar-refractivity contribution in [2.24, 2.45) is 11.8 Å². The van der Waals surface area contributed by atoms with E-state index in [-0.39, 0.29) is 12.1 Å². The first-order valence-electron chi connectivity index (χ1n) is 5.34. The summed E-state index contributed by atoms with van der Waals surface area (Å²) >= 11 is 5.96. The van der Waals surface area contributed by atoms with Gasteiger partial charge in [-0.15, -0.1) is 0 Å². The van der Waals surface area contributed by atoms with Crippen LogP contribution in [-0.4, -0.2) is 13.2 Å². The van der Waals surface area contributed by atoms with Gasteiger partial charge in [0, 0.05) is 12.1 Å². The fourth-order valence-electron chi connectivity index (χ4n) is 1.87. The lowest BCUT2D eigenvalue weighted by Crippen LogP contribution is -2.40. The minimum Gasteiger partial charge on any atom is -0.379 e. The molecule has 90 valence electrons. The monoisotopic (exact) mass is 242 g/mol. The molecular formula is C12H19ClN2O. The summed E-state index contributed by atoms with van der Waals surface area (Å²) in [5, 5.41) is 0.705. The maximum atomic E-state index is 5.96. The van der Waals surface area contributed by atoms with Crippen LogP contribution in [0, 0.1) is 5.92 Å². The molecule has 0 bridgehead atoms. The summed E-state index contributed by atoms with van der Waals surface area (Å²) in [6.45, 7) is 4.20. The van der Waals surface area contributed by atoms with Gasteiger partial charge in [-0.25, -0.2) is 0 Å². The summed E-state index contributed by atoms with van der Waals surface area (Å²) in [6, 6.07) is 7.60. The van der Waals surface area contributed by atoms with Crippen molar-refractivity contribution < 1.29 is 4.74 Å². The Morgan fingerprint density at radius 2 is 2.06 bits per heavy atom. The smallest absolute Gasteiger partial charge is 0.0801 e. The van der Waals surface area contributed by atoms with E-state index in [2.05, 4.69) is 19.3 Å². The Balaban J connectivity index is 2.96. The molecule has 2 unspecified atom stereocenters. The number of methoxy groups -OCH3 is 1. The van der Waals surface area contributed by atoms with Crippen molar-refractivity contribution in [3.8, 4) is 0 Å². The number of hydrogen-bond donors (Lipinski definition) is 2. The predicted molar refractivity (Wildman–Crippen MR) is 67.2 cm³/mol. The Hall–Kier alpha value is -0.610. The maximum absolute atomic E-state index is 5.96. The molecule has 0 heterocycles. The predicted octanol–water partition coefficient (Wildman–Crippen LogP) is 2.52. The number of halogens is 1. The number of hydrazine groups is 1. The lowest BCUT2D eigenvalue weighted by molar-refractivity contribution is 0.0326. The summed E-state index contributed by atoms with van der Waals surface area (Å²) < 4.78 is 5.47. The third-order valence-corrected chi connectivity index (χ3v) is 2.88. The van der Waals surface area contributed by atoms with Gasteiger partial charge in [0.25, 0.3) is 0 Å². The minimum atomic E-state index is -0.0521. The van der Waals surface area contributed by atoms with E-state index in [1.807, 2.05) is 24.3 Å². The van der Waals surface area contributed by atoms with Crippen molar-refractivity contribution >= 4 is 11.6 Å². The SMILES string of the molecule is COC(C(C)C)C(NN)c1cccc(Cl)c1. The van der Waals surface area contributed by atoms with Crippen molar-refractivity contribution in [3.05, 3.63) is 34.9 Å². The molecule has 3 N–H and O–H groups in total. The van der Waals surface area contributed by atoms with Gasteiger partial charge in [0.2, 0.25) is 0 Å². The number of nitrogens with two attached hydrogens (primary N) is 1. The van der Waals surface area contributed by atoms with E-state index in [1.54, 1.807) is 7.11 Å². The van der Waals surface area contributed by atoms with Crippen LogP contribution in [-0.2, 0) is 4.74 Å². The van der Waals surface area contributed by atoms with Crippen LogP contribution in [0.15, 0.2) is 24.3 Å². The highest BCUT2D eigenvalue weighted by Crippen LogP contribution is 2.25. The Kier molecular flexibility index (Phi) is 5.22. The number of ether oxygens (including phenoxy) is 1. The Labute approximate surface area is 102 Å². The topological polar surface area (TPSA) is 47.3 Å². The molecule has 0 aliphatic rings. The molecule has 1 aromatic rings. The molecule has 3 nitrogen and oxygen atoms in total. The number of nitrogens with one attached hydrogen (secondary N) is 1. The summed E-state index contributed by atoms with van der Waals surface area (Å²) in [5.74, 6) is 5.96. The lowest BCUT2D eigenvalue weighted by atomic mass is 9.94. The summed E-state index contributed by atoms with van der Waals surface area (Å²) in [7, 11) is 1.69. The molecule has 0 fully saturated rings. The molecule has 0 radical (unpaired) electrons. The Bertz CT molecular complexity index is 331. The average molecular weight is 243 g/mol. The van der Waals surface area contributed by atoms with Crippen molar-refractivity contribution in [2.45, 2.75) is 26.0 Å². The quantitative estimate of drug-likeness (QED) is 0.616. The first kappa shape index (κ1) is 13.5. The van der Waals surface area contributed by atoms with Crippen molar-refractivity contribution in [1.29, 1.82) is 0 Å². The second kappa shape index (κ2) is 6.21. The van der Waals surface area contributed by atoms with Crippen molar-refractivity contribution in [1.82, 2.24) is 5.43 Å². The van der Waals surface area contributed by atoms with Crippen LogP contribution in [0.3, 0.4) is 0 Å². The fourth-order valence-corrected chi connectivity index (χ4v) is 2.07. The van der Waals surface area contributed by atoms with Gasteiger partial charge >= 0.3 is 0 Å². The van der Waals surface area contributed by atoms with E-state index in [9.17, 15) is 0 Å². The summed E-state index contributed by atoms with van der Waals surface area (Å²) in [4.78, 5) is 0. The normalized spacial score (nSPS) is 15.1. The van der Waals surface area contributed by atoms with Crippen LogP contribution < -0.4 is 11.3 Å². The number of benzene rings is 1. The zero-order valence-corrected chi connectivity index (χ0v) is 10.7. The molecule has 2 atom stereocenters. The van der Waals surface area contributed by atoms with Gasteiger partial charge < -0.3 is 4.74 Å². The van der Waals surface area contributed by atoms with E-state index in [0.29, 0.717) is 10.9 Å². The van der Waals surface area contributed by atoms with Crippen molar-refractivity contribution in [3.63, 3.8) is 0 Å². The molecule has 0 aliphatic carbocycles. The molecule has 0 amide bonds. The first-order valence-corrected chi connectivity index (χ1v) is 5.72. The highest BCUT2D eigenvalue weighted by atomic mass is 35.5. The van der Waals surface area contributed by atoms with E-state index in [1.165, 1.54) is 0 Å². The molecule has 16 heavy (non-hydrogen) atoms. The zero-order chi connectivity index (χ0) is 12.1. The number of hydrogen-bond acceptors (Lipinski definition) is 3. The molecule has 0 spiro atoms. The van der Waals surface area contributed by atoms with Gasteiger partial charge in [0.15, 0.2) is 0 Å². The third-order valence-electron chi connectivity index (χ3n) is 2.65. The van der Waals surface area contributed by atoms with Crippen LogP contribution in [0.4, 0.5) is 0 Å². The molecule has 0 saturated carbocycles. The highest BCUT2D eigenvalue weighted by molar-refractivity contribution is 6.30. The molecule has 1 rings (SSSR count). The van der Waals surface area contributed by atoms with Crippen molar-refractivity contribution in [2.75, 3.05) is 7.11 Å². The lowest BCUT2D eigenvalue weighted by Gasteiger charge is -2.28. The number of rotatable bonds is 5. The maximum Gasteiger partial charge on any atom is 0.0801 e. The summed E-state index contributed by atoms with van der Waals surface area (Å²) in [5.41, 5.74) is 3.83. The average Bonchev–Trinajstić information content (AvgIpc) is 2.25. The van der Waals surface area contributed by atoms with E-state index in [4.69, 9.17) is 22.2 Å². The first-order chi connectivity index (χ1) is 7.60. The standard InChI is InChI=1S/C12H19ClN2O/c1-8(2)12(16-3)11(15-14)9-5-4-6-10(13)7-9/h4-8,11-12,15H,14H2,1-3H3. The van der Waals surface area contributed by atoms with E-state index < -0.39 is 0 Å². The Morgan fingerprint density at radius 1 is 1.38 bits per heavy atom. The van der Waals surface area contributed by atoms with Gasteiger partial charge in [0.1, 0.15) is 0 Å². The van der Waals surface area contributed by atoms with Gasteiger partial charge in [-0.1, -0.05) is 37.6 Å². The van der Waals surface area contributed by atoms with Crippen LogP contribution in [0.25, 0.3) is 0 Å². The van der Waals surface area contributed by atoms with Crippen LogP contribution in [0.1, 0.15) is 25.5 Å². The largest absolute Gasteiger partial charge is 0.379 e. The molecule has 4 heteroatoms. The fraction of sp³-hybridized carbons (Fsp3) is 0.500. The molecular weight excluding hydrogens is 224 g/mol. The van der Waals surface area contributed by atoms with E-state index in [0.717, 1.165) is 5.56 Å². The molecule has 0 saturated heterocycles. The van der Waals surface area contributed by atoms with Gasteiger partial charge in [-0.2, -0.15) is 0 Å². The second-order valence-corrected chi connectivity index (χ2v) is 4.58. The van der Waals surface area contributed by atoms with Gasteiger partial charge in [-0.05, 0) is 23.6 Å². The summed E-state index contributed by atoms with van der Waals surface area (Å²) in [6.07, 6.45) is 0.0171. The molecule has 0 aliphatic heterocycles. The highest BCUT2D eigenvalue weighted by Gasteiger charge is 2.24. The van der Waals surface area contributed by atoms with Crippen LogP contribution in [0.2, 0.25) is 5.02 Å². The zero-order valence-electron chi connectivity index (χ0n) is 9.91. The Morgan fingerprint density at radius 3 is 2.50 bits per heavy atom. The minimum absolute atomic E-state index is 0.0171. The van der Waals surface area contributed by atoms with Crippen LogP contribution >= 0.6 is 11.6 Å². The van der Waals surface area contributed by atoms with Crippen LogP contribution in [0.5, 0.6) is 0 Å². The van der Waals surface area contributed by atoms with Gasteiger partial charge in [-0.3, -0.25) is 11.3 Å².